The van der Waals surface area contributed by atoms with E-state index in [1.807, 2.05) is 0 Å². The Labute approximate surface area is 134 Å². The van der Waals surface area contributed by atoms with Crippen molar-refractivity contribution in [1.82, 2.24) is 0 Å². The molecule has 0 heterocycles. The van der Waals surface area contributed by atoms with Crippen LogP contribution in [0.1, 0.15) is 18.6 Å². The first-order chi connectivity index (χ1) is 9.88. The molecule has 2 aromatic carbocycles. The first-order valence-corrected chi connectivity index (χ1v) is 7.15. The van der Waals surface area contributed by atoms with Crippen LogP contribution in [0, 0.1) is 10.1 Å². The molecule has 1 unspecified atom stereocenters. The Balaban J connectivity index is 2.34. The van der Waals surface area contributed by atoms with E-state index >= 15 is 0 Å². The summed E-state index contributed by atoms with van der Waals surface area (Å²) in [6, 6.07) is 9.31. The second-order valence-corrected chi connectivity index (χ2v) is 5.65. The van der Waals surface area contributed by atoms with Gasteiger partial charge in [0, 0.05) is 22.2 Å². The Bertz CT molecular complexity index is 691. The van der Waals surface area contributed by atoms with Crippen molar-refractivity contribution in [3.63, 3.8) is 0 Å². The number of aliphatic hydroxyl groups is 1. The van der Waals surface area contributed by atoms with Crippen LogP contribution < -0.4 is 4.74 Å². The Morgan fingerprint density at radius 2 is 2.05 bits per heavy atom. The molecule has 21 heavy (non-hydrogen) atoms. The van der Waals surface area contributed by atoms with Crippen molar-refractivity contribution in [3.05, 3.63) is 61.6 Å². The van der Waals surface area contributed by atoms with Crippen molar-refractivity contribution in [1.29, 1.82) is 0 Å². The van der Waals surface area contributed by atoms with Crippen LogP contribution in [0.5, 0.6) is 11.5 Å². The molecule has 110 valence electrons. The van der Waals surface area contributed by atoms with Gasteiger partial charge in [-0.1, -0.05) is 27.5 Å². The van der Waals surface area contributed by atoms with Crippen LogP contribution in [0.2, 0.25) is 5.02 Å². The molecule has 2 rings (SSSR count). The summed E-state index contributed by atoms with van der Waals surface area (Å²) in [6.45, 7) is 1.62. The topological polar surface area (TPSA) is 72.6 Å². The molecule has 0 radical (unpaired) electrons. The predicted molar refractivity (Wildman–Crippen MR) is 83.0 cm³/mol. The van der Waals surface area contributed by atoms with Crippen molar-refractivity contribution in [3.8, 4) is 11.5 Å². The third-order valence-electron chi connectivity index (χ3n) is 2.77. The predicted octanol–water partition coefficient (Wildman–Crippen LogP) is 4.86. The number of aliphatic hydroxyl groups excluding tert-OH is 1. The van der Waals surface area contributed by atoms with Gasteiger partial charge in [0.1, 0.15) is 16.5 Å². The lowest BCUT2D eigenvalue weighted by molar-refractivity contribution is -0.384. The average Bonchev–Trinajstić information content (AvgIpc) is 2.40. The molecule has 0 saturated carbocycles. The highest BCUT2D eigenvalue weighted by Crippen LogP contribution is 2.35. The Morgan fingerprint density at radius 1 is 1.33 bits per heavy atom. The van der Waals surface area contributed by atoms with Gasteiger partial charge in [-0.2, -0.15) is 0 Å². The highest BCUT2D eigenvalue weighted by atomic mass is 79.9. The highest BCUT2D eigenvalue weighted by Gasteiger charge is 2.15. The first-order valence-electron chi connectivity index (χ1n) is 5.98. The number of nitrogens with zero attached hydrogens (tertiary/aromatic N) is 1. The van der Waals surface area contributed by atoms with E-state index in [4.69, 9.17) is 16.3 Å². The summed E-state index contributed by atoms with van der Waals surface area (Å²) >= 11 is 9.16. The maximum absolute atomic E-state index is 10.7. The first kappa shape index (κ1) is 15.8. The second kappa shape index (κ2) is 6.43. The van der Waals surface area contributed by atoms with Gasteiger partial charge in [0.25, 0.3) is 5.69 Å². The zero-order valence-corrected chi connectivity index (χ0v) is 13.3. The zero-order valence-electron chi connectivity index (χ0n) is 10.9. The number of nitro benzene ring substituents is 1. The van der Waals surface area contributed by atoms with Crippen LogP contribution in [-0.4, -0.2) is 10.0 Å². The fraction of sp³-hybridized carbons (Fsp3) is 0.143. The van der Waals surface area contributed by atoms with Crippen molar-refractivity contribution in [2.24, 2.45) is 0 Å². The molecule has 7 heteroatoms. The summed E-state index contributed by atoms with van der Waals surface area (Å²) in [5.74, 6) is 0.813. The van der Waals surface area contributed by atoms with Crippen molar-refractivity contribution < 1.29 is 14.8 Å². The summed E-state index contributed by atoms with van der Waals surface area (Å²) in [6.07, 6.45) is -0.717. The molecule has 0 spiro atoms. The van der Waals surface area contributed by atoms with E-state index in [1.165, 1.54) is 18.2 Å². The SMILES string of the molecule is CC(O)c1cc(Br)ccc1Oc1ccc([N+](=O)[O-])c(Cl)c1. The van der Waals surface area contributed by atoms with E-state index in [2.05, 4.69) is 15.9 Å². The van der Waals surface area contributed by atoms with Gasteiger partial charge in [-0.15, -0.1) is 0 Å². The van der Waals surface area contributed by atoms with E-state index in [0.717, 1.165) is 4.47 Å². The molecule has 0 saturated heterocycles. The highest BCUT2D eigenvalue weighted by molar-refractivity contribution is 9.10. The second-order valence-electron chi connectivity index (χ2n) is 4.33. The zero-order chi connectivity index (χ0) is 15.6. The van der Waals surface area contributed by atoms with Gasteiger partial charge in [-0.3, -0.25) is 10.1 Å². The number of halogens is 2. The molecule has 1 N–H and O–H groups in total. The molecule has 2 aromatic rings. The van der Waals surface area contributed by atoms with E-state index < -0.39 is 11.0 Å². The maximum Gasteiger partial charge on any atom is 0.288 e. The number of benzene rings is 2. The minimum atomic E-state index is -0.717. The van der Waals surface area contributed by atoms with Gasteiger partial charge in [0.15, 0.2) is 0 Å². The smallest absolute Gasteiger partial charge is 0.288 e. The summed E-state index contributed by atoms with van der Waals surface area (Å²) in [4.78, 5) is 10.2. The lowest BCUT2D eigenvalue weighted by atomic mass is 10.1. The van der Waals surface area contributed by atoms with E-state index in [1.54, 1.807) is 25.1 Å². The van der Waals surface area contributed by atoms with Gasteiger partial charge < -0.3 is 9.84 Å². The fourth-order valence-electron chi connectivity index (χ4n) is 1.76. The van der Waals surface area contributed by atoms with Gasteiger partial charge >= 0.3 is 0 Å². The third-order valence-corrected chi connectivity index (χ3v) is 3.56. The molecule has 0 aliphatic carbocycles. The van der Waals surface area contributed by atoms with E-state index in [0.29, 0.717) is 17.1 Å². The van der Waals surface area contributed by atoms with Crippen molar-refractivity contribution >= 4 is 33.2 Å². The van der Waals surface area contributed by atoms with Gasteiger partial charge in [0.2, 0.25) is 0 Å². The normalized spacial score (nSPS) is 12.0. The third kappa shape index (κ3) is 3.72. The molecule has 0 amide bonds. The van der Waals surface area contributed by atoms with Crippen LogP contribution in [0.25, 0.3) is 0 Å². The van der Waals surface area contributed by atoms with Crippen LogP contribution in [-0.2, 0) is 0 Å². The van der Waals surface area contributed by atoms with Crippen molar-refractivity contribution in [2.45, 2.75) is 13.0 Å². The van der Waals surface area contributed by atoms with Crippen LogP contribution in [0.3, 0.4) is 0 Å². The molecule has 0 aliphatic rings. The molecular weight excluding hydrogens is 362 g/mol. The number of nitro groups is 1. The van der Waals surface area contributed by atoms with Gasteiger partial charge in [-0.25, -0.2) is 0 Å². The van der Waals surface area contributed by atoms with Crippen molar-refractivity contribution in [2.75, 3.05) is 0 Å². The largest absolute Gasteiger partial charge is 0.457 e. The van der Waals surface area contributed by atoms with Gasteiger partial charge in [0.05, 0.1) is 11.0 Å². The summed E-state index contributed by atoms with van der Waals surface area (Å²) in [5.41, 5.74) is 0.412. The molecule has 0 aliphatic heterocycles. The number of hydrogen-bond donors (Lipinski definition) is 1. The maximum atomic E-state index is 10.7. The lowest BCUT2D eigenvalue weighted by Crippen LogP contribution is -1.97. The quantitative estimate of drug-likeness (QED) is 0.614. The van der Waals surface area contributed by atoms with Crippen LogP contribution in [0.15, 0.2) is 40.9 Å². The van der Waals surface area contributed by atoms with Crippen LogP contribution in [0.4, 0.5) is 5.69 Å². The molecule has 5 nitrogen and oxygen atoms in total. The molecule has 1 atom stereocenters. The Kier molecular flexibility index (Phi) is 4.82. The standard InChI is InChI=1S/C14H11BrClNO4/c1-8(18)11-6-9(15)2-5-14(11)21-10-3-4-13(17(19)20)12(16)7-10/h2-8,18H,1H3. The number of ether oxygens (including phenoxy) is 1. The van der Waals surface area contributed by atoms with Gasteiger partial charge in [-0.05, 0) is 31.2 Å². The molecular formula is C14H11BrClNO4. The fourth-order valence-corrected chi connectivity index (χ4v) is 2.38. The minimum absolute atomic E-state index is 0.00629. The molecule has 0 fully saturated rings. The Hall–Kier alpha value is -1.63. The minimum Gasteiger partial charge on any atom is -0.457 e. The van der Waals surface area contributed by atoms with E-state index in [9.17, 15) is 15.2 Å². The summed E-state index contributed by atoms with van der Waals surface area (Å²) < 4.78 is 6.47. The molecule has 0 aromatic heterocycles. The summed E-state index contributed by atoms with van der Waals surface area (Å²) in [7, 11) is 0. The van der Waals surface area contributed by atoms with E-state index in [-0.39, 0.29) is 10.7 Å². The molecule has 0 bridgehead atoms. The Morgan fingerprint density at radius 3 is 2.62 bits per heavy atom. The average molecular weight is 373 g/mol. The summed E-state index contributed by atoms with van der Waals surface area (Å²) in [5, 5.41) is 20.5. The number of hydrogen-bond acceptors (Lipinski definition) is 4. The van der Waals surface area contributed by atoms with Crippen LogP contribution >= 0.6 is 27.5 Å². The lowest BCUT2D eigenvalue weighted by Gasteiger charge is -2.13. The monoisotopic (exact) mass is 371 g/mol. The number of rotatable bonds is 4.